The zero-order valence-corrected chi connectivity index (χ0v) is 15.1. The Hall–Kier alpha value is -3.41. The lowest BCUT2D eigenvalue weighted by atomic mass is 9.92. The number of Topliss-reactive ketones (excluding diaryl/α,β-unsaturated/α-hetero) is 1. The Morgan fingerprint density at radius 3 is 2.33 bits per heavy atom. The highest BCUT2D eigenvalue weighted by atomic mass is 16.5. The molecule has 0 aromatic heterocycles. The summed E-state index contributed by atoms with van der Waals surface area (Å²) in [5, 5.41) is 3.01. The number of hydrogen-bond acceptors (Lipinski definition) is 6. The van der Waals surface area contributed by atoms with E-state index in [-0.39, 0.29) is 17.3 Å². The number of allylic oxidation sites excluding steroid dienone is 2. The summed E-state index contributed by atoms with van der Waals surface area (Å²) in [5.74, 6) is 0.583. The van der Waals surface area contributed by atoms with Gasteiger partial charge in [0.05, 0.1) is 19.9 Å². The monoisotopic (exact) mass is 365 g/mol. The third-order valence-corrected chi connectivity index (χ3v) is 4.44. The molecule has 3 rings (SSSR count). The van der Waals surface area contributed by atoms with E-state index in [0.29, 0.717) is 41.2 Å². The lowest BCUT2D eigenvalue weighted by Crippen LogP contribution is -2.28. The molecular weight excluding hydrogens is 346 g/mol. The highest BCUT2D eigenvalue weighted by Gasteiger charge is 2.24. The topological polar surface area (TPSA) is 81.7 Å². The maximum atomic E-state index is 12.5. The van der Waals surface area contributed by atoms with Gasteiger partial charge in [-0.1, -0.05) is 24.3 Å². The van der Waals surface area contributed by atoms with Gasteiger partial charge in [0.15, 0.2) is 17.3 Å². The number of carbonyl (C=O) groups is 3. The predicted octanol–water partition coefficient (Wildman–Crippen LogP) is 2.61. The van der Waals surface area contributed by atoms with Gasteiger partial charge in [-0.2, -0.15) is 0 Å². The van der Waals surface area contributed by atoms with E-state index >= 15 is 0 Å². The Labute approximate surface area is 156 Å². The minimum Gasteiger partial charge on any atom is -0.493 e. The maximum Gasteiger partial charge on any atom is 0.209 e. The number of ether oxygens (including phenoxy) is 2. The van der Waals surface area contributed by atoms with Gasteiger partial charge in [0, 0.05) is 29.3 Å². The maximum absolute atomic E-state index is 12.5. The van der Waals surface area contributed by atoms with Gasteiger partial charge in [0.1, 0.15) is 6.29 Å². The van der Waals surface area contributed by atoms with Crippen molar-refractivity contribution < 1.29 is 23.9 Å². The molecule has 0 atom stereocenters. The zero-order valence-electron chi connectivity index (χ0n) is 15.1. The first kappa shape index (κ1) is 18.4. The Morgan fingerprint density at radius 1 is 1.00 bits per heavy atom. The van der Waals surface area contributed by atoms with Crippen molar-refractivity contribution in [3.05, 3.63) is 70.4 Å². The van der Waals surface area contributed by atoms with E-state index in [4.69, 9.17) is 9.47 Å². The molecule has 1 aliphatic carbocycles. The van der Waals surface area contributed by atoms with Crippen LogP contribution in [0.3, 0.4) is 0 Å². The van der Waals surface area contributed by atoms with E-state index in [1.165, 1.54) is 20.3 Å². The smallest absolute Gasteiger partial charge is 0.209 e. The van der Waals surface area contributed by atoms with Crippen molar-refractivity contribution in [3.63, 3.8) is 0 Å². The number of methoxy groups -OCH3 is 2. The first-order valence-electron chi connectivity index (χ1n) is 8.42. The third kappa shape index (κ3) is 3.60. The van der Waals surface area contributed by atoms with Crippen molar-refractivity contribution in [2.45, 2.75) is 6.42 Å². The van der Waals surface area contributed by atoms with Crippen molar-refractivity contribution in [1.29, 1.82) is 0 Å². The summed E-state index contributed by atoms with van der Waals surface area (Å²) in [4.78, 5) is 36.1. The van der Waals surface area contributed by atoms with Crippen LogP contribution in [0.5, 0.6) is 11.5 Å². The lowest BCUT2D eigenvalue weighted by molar-refractivity contribution is 0.0978. The number of aldehydes is 1. The van der Waals surface area contributed by atoms with Crippen molar-refractivity contribution in [1.82, 2.24) is 5.32 Å². The molecule has 0 unspecified atom stereocenters. The molecule has 0 amide bonds. The van der Waals surface area contributed by atoms with Crippen LogP contribution in [0.25, 0.3) is 0 Å². The Balaban J connectivity index is 1.75. The fourth-order valence-electron chi connectivity index (χ4n) is 3.04. The molecule has 2 aromatic carbocycles. The average molecular weight is 365 g/mol. The highest BCUT2D eigenvalue weighted by molar-refractivity contribution is 6.24. The molecule has 1 N–H and O–H groups in total. The summed E-state index contributed by atoms with van der Waals surface area (Å²) in [6.45, 7) is 0.378. The number of fused-ring (bicyclic) bond motifs is 1. The minimum absolute atomic E-state index is 0.201. The summed E-state index contributed by atoms with van der Waals surface area (Å²) in [6, 6.07) is 10.1. The standard InChI is InChI=1S/C21H19NO5/c1-26-19-9-13(14(12-23)10-20(19)27-2)7-8-22-17-11-18(24)15-5-3-4-6-16(15)21(17)25/h3-6,9-12,22H,7-8H2,1-2H3. The van der Waals surface area contributed by atoms with Crippen LogP contribution in [0.1, 0.15) is 36.6 Å². The largest absolute Gasteiger partial charge is 0.493 e. The van der Waals surface area contributed by atoms with Gasteiger partial charge in [-0.3, -0.25) is 14.4 Å². The molecular formula is C21H19NO5. The van der Waals surface area contributed by atoms with Crippen LogP contribution in [0.2, 0.25) is 0 Å². The number of carbonyl (C=O) groups excluding carboxylic acids is 3. The van der Waals surface area contributed by atoms with E-state index in [9.17, 15) is 14.4 Å². The molecule has 0 saturated carbocycles. The van der Waals surface area contributed by atoms with Gasteiger partial charge >= 0.3 is 0 Å². The quantitative estimate of drug-likeness (QED) is 0.760. The van der Waals surface area contributed by atoms with Gasteiger partial charge in [-0.15, -0.1) is 0 Å². The molecule has 0 radical (unpaired) electrons. The van der Waals surface area contributed by atoms with Crippen LogP contribution in [-0.2, 0) is 6.42 Å². The van der Waals surface area contributed by atoms with Crippen LogP contribution in [0, 0.1) is 0 Å². The van der Waals surface area contributed by atoms with Gasteiger partial charge in [0.2, 0.25) is 5.78 Å². The third-order valence-electron chi connectivity index (χ3n) is 4.44. The Morgan fingerprint density at radius 2 is 1.67 bits per heavy atom. The minimum atomic E-state index is -0.215. The second kappa shape index (κ2) is 7.86. The summed E-state index contributed by atoms with van der Waals surface area (Å²) in [6.07, 6.45) is 2.54. The summed E-state index contributed by atoms with van der Waals surface area (Å²) < 4.78 is 10.5. The summed E-state index contributed by atoms with van der Waals surface area (Å²) in [7, 11) is 3.03. The van der Waals surface area contributed by atoms with Gasteiger partial charge in [-0.25, -0.2) is 0 Å². The van der Waals surface area contributed by atoms with E-state index in [0.717, 1.165) is 11.8 Å². The van der Waals surface area contributed by atoms with Gasteiger partial charge < -0.3 is 14.8 Å². The average Bonchev–Trinajstić information content (AvgIpc) is 2.71. The Kier molecular flexibility index (Phi) is 5.35. The molecule has 0 aliphatic heterocycles. The molecule has 2 aromatic rings. The van der Waals surface area contributed by atoms with Crippen LogP contribution in [-0.4, -0.2) is 38.6 Å². The number of nitrogens with one attached hydrogen (secondary N) is 1. The van der Waals surface area contributed by atoms with Crippen LogP contribution in [0.4, 0.5) is 0 Å². The van der Waals surface area contributed by atoms with Crippen molar-refractivity contribution in [2.24, 2.45) is 0 Å². The lowest BCUT2D eigenvalue weighted by Gasteiger charge is -2.17. The second-order valence-corrected chi connectivity index (χ2v) is 6.00. The molecule has 0 spiro atoms. The summed E-state index contributed by atoms with van der Waals surface area (Å²) in [5.41, 5.74) is 2.31. The van der Waals surface area contributed by atoms with E-state index in [1.807, 2.05) is 0 Å². The Bertz CT molecular complexity index is 946. The van der Waals surface area contributed by atoms with Crippen molar-refractivity contribution >= 4 is 17.9 Å². The molecule has 0 fully saturated rings. The molecule has 0 bridgehead atoms. The molecule has 0 saturated heterocycles. The molecule has 6 nitrogen and oxygen atoms in total. The fourth-order valence-corrected chi connectivity index (χ4v) is 3.04. The first-order chi connectivity index (χ1) is 13.1. The van der Waals surface area contributed by atoms with Gasteiger partial charge in [-0.05, 0) is 24.1 Å². The molecule has 1 aliphatic rings. The SMILES string of the molecule is COc1cc(C=O)c(CCNC2=CC(=O)c3ccccc3C2=O)cc1OC. The normalized spacial score (nSPS) is 12.9. The summed E-state index contributed by atoms with van der Waals surface area (Å²) >= 11 is 0. The number of ketones is 2. The van der Waals surface area contributed by atoms with E-state index < -0.39 is 0 Å². The fraction of sp³-hybridized carbons (Fsp3) is 0.190. The molecule has 138 valence electrons. The molecule has 0 heterocycles. The predicted molar refractivity (Wildman–Crippen MR) is 99.8 cm³/mol. The van der Waals surface area contributed by atoms with Crippen molar-refractivity contribution in [3.8, 4) is 11.5 Å². The number of benzene rings is 2. The molecule has 27 heavy (non-hydrogen) atoms. The van der Waals surface area contributed by atoms with Crippen molar-refractivity contribution in [2.75, 3.05) is 20.8 Å². The first-order valence-corrected chi connectivity index (χ1v) is 8.42. The molecule has 6 heteroatoms. The zero-order chi connectivity index (χ0) is 19.4. The van der Waals surface area contributed by atoms with Crippen LogP contribution >= 0.6 is 0 Å². The van der Waals surface area contributed by atoms with Crippen LogP contribution in [0.15, 0.2) is 48.2 Å². The second-order valence-electron chi connectivity index (χ2n) is 6.00. The number of rotatable bonds is 7. The van der Waals surface area contributed by atoms with E-state index in [2.05, 4.69) is 5.32 Å². The number of hydrogen-bond donors (Lipinski definition) is 1. The van der Waals surface area contributed by atoms with Gasteiger partial charge in [0.25, 0.3) is 0 Å². The van der Waals surface area contributed by atoms with E-state index in [1.54, 1.807) is 36.4 Å². The highest BCUT2D eigenvalue weighted by Crippen LogP contribution is 2.30. The van der Waals surface area contributed by atoms with Crippen LogP contribution < -0.4 is 14.8 Å².